The van der Waals surface area contributed by atoms with Crippen molar-refractivity contribution < 1.29 is 0 Å². The Bertz CT molecular complexity index is 394. The van der Waals surface area contributed by atoms with Crippen molar-refractivity contribution in [3.05, 3.63) is 28.5 Å². The van der Waals surface area contributed by atoms with E-state index in [1.807, 2.05) is 0 Å². The van der Waals surface area contributed by atoms with Gasteiger partial charge in [-0.3, -0.25) is 10.8 Å². The molecule has 0 fully saturated rings. The summed E-state index contributed by atoms with van der Waals surface area (Å²) in [7, 11) is 1.77. The molecular weight excluding hydrogens is 200 g/mol. The molecule has 3 N–H and O–H groups in total. The van der Waals surface area contributed by atoms with Crippen LogP contribution in [0.15, 0.2) is 17.9 Å². The Labute approximate surface area is 84.7 Å². The highest BCUT2D eigenvalue weighted by atomic mass is 32.1. The molecule has 2 aromatic rings. The van der Waals surface area contributed by atoms with E-state index in [-0.39, 0.29) is 6.04 Å². The molecule has 1 unspecified atom stereocenters. The molecule has 0 spiro atoms. The summed E-state index contributed by atoms with van der Waals surface area (Å²) in [5.74, 6) is 5.46. The van der Waals surface area contributed by atoms with E-state index in [1.165, 1.54) is 16.1 Å². The van der Waals surface area contributed by atoms with Gasteiger partial charge in [0.1, 0.15) is 11.7 Å². The van der Waals surface area contributed by atoms with Crippen molar-refractivity contribution in [2.24, 2.45) is 12.9 Å². The van der Waals surface area contributed by atoms with Crippen LogP contribution in [0.4, 0.5) is 0 Å². The van der Waals surface area contributed by atoms with E-state index in [0.717, 1.165) is 10.6 Å². The summed E-state index contributed by atoms with van der Waals surface area (Å²) in [6, 6.07) is -0.129. The van der Waals surface area contributed by atoms with Crippen molar-refractivity contribution in [2.75, 3.05) is 0 Å². The van der Waals surface area contributed by atoms with Crippen molar-refractivity contribution in [2.45, 2.75) is 6.04 Å². The molecule has 74 valence electrons. The maximum atomic E-state index is 5.46. The molecule has 0 aliphatic rings. The van der Waals surface area contributed by atoms with E-state index in [1.54, 1.807) is 25.0 Å². The normalized spacial score (nSPS) is 13.0. The summed E-state index contributed by atoms with van der Waals surface area (Å²) in [6.45, 7) is 0. The summed E-state index contributed by atoms with van der Waals surface area (Å²) in [4.78, 5) is 6.51. The summed E-state index contributed by atoms with van der Waals surface area (Å²) in [5.41, 5.74) is 5.24. The van der Waals surface area contributed by atoms with E-state index in [2.05, 4.69) is 20.6 Å². The first kappa shape index (κ1) is 9.25. The van der Waals surface area contributed by atoms with Crippen LogP contribution in [0.2, 0.25) is 0 Å². The topological polar surface area (TPSA) is 81.7 Å². The van der Waals surface area contributed by atoms with Crippen LogP contribution in [0.25, 0.3) is 0 Å². The zero-order chi connectivity index (χ0) is 9.97. The molecule has 0 saturated heterocycles. The monoisotopic (exact) mass is 210 g/mol. The lowest BCUT2D eigenvalue weighted by Gasteiger charge is -2.09. The predicted molar refractivity (Wildman–Crippen MR) is 52.3 cm³/mol. The number of hydrazine groups is 1. The molecule has 0 radical (unpaired) electrons. The van der Waals surface area contributed by atoms with Gasteiger partial charge in [0, 0.05) is 18.1 Å². The Kier molecular flexibility index (Phi) is 2.53. The first-order chi connectivity index (χ1) is 6.81. The first-order valence-electron chi connectivity index (χ1n) is 4.02. The minimum Gasteiger partial charge on any atom is -0.270 e. The van der Waals surface area contributed by atoms with Crippen LogP contribution in [0, 0.1) is 0 Å². The molecule has 2 heterocycles. The first-order valence-corrected chi connectivity index (χ1v) is 4.90. The van der Waals surface area contributed by atoms with E-state index in [9.17, 15) is 0 Å². The second-order valence-electron chi connectivity index (χ2n) is 2.76. The van der Waals surface area contributed by atoms with Crippen LogP contribution in [0.1, 0.15) is 16.6 Å². The van der Waals surface area contributed by atoms with Crippen molar-refractivity contribution in [3.8, 4) is 0 Å². The fourth-order valence-electron chi connectivity index (χ4n) is 1.18. The van der Waals surface area contributed by atoms with Gasteiger partial charge in [0.05, 0.1) is 11.7 Å². The van der Waals surface area contributed by atoms with Gasteiger partial charge in [-0.1, -0.05) is 0 Å². The van der Waals surface area contributed by atoms with Crippen LogP contribution < -0.4 is 11.3 Å². The number of rotatable bonds is 3. The quantitative estimate of drug-likeness (QED) is 0.542. The van der Waals surface area contributed by atoms with Gasteiger partial charge in [-0.2, -0.15) is 15.0 Å². The number of hydrogen-bond donors (Lipinski definition) is 2. The van der Waals surface area contributed by atoms with Crippen molar-refractivity contribution >= 4 is 11.3 Å². The molecule has 0 bridgehead atoms. The zero-order valence-corrected chi connectivity index (χ0v) is 8.40. The Balaban J connectivity index is 2.31. The minimum absolute atomic E-state index is 0.129. The summed E-state index contributed by atoms with van der Waals surface area (Å²) >= 11 is 1.53. The third-order valence-electron chi connectivity index (χ3n) is 1.82. The molecule has 0 saturated carbocycles. The molecule has 14 heavy (non-hydrogen) atoms. The Morgan fingerprint density at radius 2 is 2.43 bits per heavy atom. The third-order valence-corrected chi connectivity index (χ3v) is 2.66. The van der Waals surface area contributed by atoms with Crippen molar-refractivity contribution in [1.82, 2.24) is 25.4 Å². The average molecular weight is 210 g/mol. The number of aromatic nitrogens is 4. The standard InChI is InChI=1S/C7H10N6S/c1-13-10-2-5(12-13)7(11-8)6-3-9-4-14-6/h2-4,7,11H,8H2,1H3. The highest BCUT2D eigenvalue weighted by molar-refractivity contribution is 7.09. The predicted octanol–water partition coefficient (Wildman–Crippen LogP) is -0.176. The number of aryl methyl sites for hydroxylation is 1. The molecule has 1 atom stereocenters. The lowest BCUT2D eigenvalue weighted by molar-refractivity contribution is 0.595. The largest absolute Gasteiger partial charge is 0.270 e. The van der Waals surface area contributed by atoms with Crippen LogP contribution in [0.3, 0.4) is 0 Å². The number of nitrogens with zero attached hydrogens (tertiary/aromatic N) is 4. The Morgan fingerprint density at radius 1 is 1.57 bits per heavy atom. The number of thiazole rings is 1. The molecule has 0 aliphatic carbocycles. The third kappa shape index (κ3) is 1.65. The molecule has 2 rings (SSSR count). The van der Waals surface area contributed by atoms with Gasteiger partial charge in [0.15, 0.2) is 0 Å². The van der Waals surface area contributed by atoms with Gasteiger partial charge < -0.3 is 0 Å². The van der Waals surface area contributed by atoms with E-state index in [4.69, 9.17) is 5.84 Å². The smallest absolute Gasteiger partial charge is 0.106 e. The fourth-order valence-corrected chi connectivity index (χ4v) is 1.87. The van der Waals surface area contributed by atoms with Gasteiger partial charge in [-0.25, -0.2) is 5.43 Å². The van der Waals surface area contributed by atoms with Crippen LogP contribution >= 0.6 is 11.3 Å². The van der Waals surface area contributed by atoms with E-state index in [0.29, 0.717) is 0 Å². The lowest BCUT2D eigenvalue weighted by atomic mass is 10.2. The zero-order valence-electron chi connectivity index (χ0n) is 7.58. The fraction of sp³-hybridized carbons (Fsp3) is 0.286. The van der Waals surface area contributed by atoms with Crippen molar-refractivity contribution in [3.63, 3.8) is 0 Å². The summed E-state index contributed by atoms with van der Waals surface area (Å²) in [6.07, 6.45) is 3.45. The van der Waals surface area contributed by atoms with Crippen LogP contribution in [-0.2, 0) is 7.05 Å². The van der Waals surface area contributed by atoms with Crippen molar-refractivity contribution in [1.29, 1.82) is 0 Å². The number of hydrogen-bond acceptors (Lipinski definition) is 6. The molecule has 7 heteroatoms. The molecule has 0 aromatic carbocycles. The van der Waals surface area contributed by atoms with E-state index < -0.39 is 0 Å². The maximum absolute atomic E-state index is 5.46. The molecule has 0 amide bonds. The molecule has 6 nitrogen and oxygen atoms in total. The SMILES string of the molecule is Cn1ncc(C(NN)c2cncs2)n1. The second kappa shape index (κ2) is 3.82. The minimum atomic E-state index is -0.129. The summed E-state index contributed by atoms with van der Waals surface area (Å²) in [5, 5.41) is 8.17. The summed E-state index contributed by atoms with van der Waals surface area (Å²) < 4.78 is 0. The lowest BCUT2D eigenvalue weighted by Crippen LogP contribution is -2.28. The van der Waals surface area contributed by atoms with Gasteiger partial charge in [-0.15, -0.1) is 11.3 Å². The second-order valence-corrected chi connectivity index (χ2v) is 3.68. The van der Waals surface area contributed by atoms with Crippen LogP contribution in [0.5, 0.6) is 0 Å². The van der Waals surface area contributed by atoms with E-state index >= 15 is 0 Å². The van der Waals surface area contributed by atoms with Gasteiger partial charge in [0.2, 0.25) is 0 Å². The highest BCUT2D eigenvalue weighted by Crippen LogP contribution is 2.21. The Hall–Kier alpha value is -1.31. The number of nitrogens with two attached hydrogens (primary N) is 1. The maximum Gasteiger partial charge on any atom is 0.106 e. The molecule has 2 aromatic heterocycles. The van der Waals surface area contributed by atoms with Crippen LogP contribution in [-0.4, -0.2) is 20.0 Å². The Morgan fingerprint density at radius 3 is 2.93 bits per heavy atom. The van der Waals surface area contributed by atoms with Gasteiger partial charge in [0.25, 0.3) is 0 Å². The average Bonchev–Trinajstić information content (AvgIpc) is 2.79. The van der Waals surface area contributed by atoms with Gasteiger partial charge in [-0.05, 0) is 0 Å². The van der Waals surface area contributed by atoms with Gasteiger partial charge >= 0.3 is 0 Å². The molecule has 0 aliphatic heterocycles. The molecular formula is C7H10N6S. The highest BCUT2D eigenvalue weighted by Gasteiger charge is 2.16. The number of nitrogens with one attached hydrogen (secondary N) is 1.